The number of aliphatic carboxylic acids is 1. The van der Waals surface area contributed by atoms with Gasteiger partial charge in [-0.3, -0.25) is 0 Å². The van der Waals surface area contributed by atoms with Crippen molar-refractivity contribution in [2.75, 3.05) is 0 Å². The lowest BCUT2D eigenvalue weighted by Crippen LogP contribution is -2.43. The molecule has 0 fully saturated rings. The zero-order valence-corrected chi connectivity index (χ0v) is 17.4. The van der Waals surface area contributed by atoms with Gasteiger partial charge in [0, 0.05) is 0 Å². The van der Waals surface area contributed by atoms with Crippen LogP contribution in [-0.4, -0.2) is 37.2 Å². The van der Waals surface area contributed by atoms with Crippen LogP contribution in [0.3, 0.4) is 0 Å². The second-order valence-corrected chi connectivity index (χ2v) is 9.49. The highest BCUT2D eigenvalue weighted by molar-refractivity contribution is 7.91. The molecule has 0 radical (unpaired) electrons. The van der Waals surface area contributed by atoms with Gasteiger partial charge in [0.2, 0.25) is 9.84 Å². The molecule has 8 heteroatoms. The summed E-state index contributed by atoms with van der Waals surface area (Å²) in [5.41, 5.74) is 0.0296. The maximum atomic E-state index is 12.6. The van der Waals surface area contributed by atoms with Crippen LogP contribution >= 0.6 is 0 Å². The summed E-state index contributed by atoms with van der Waals surface area (Å²) >= 11 is 0. The fourth-order valence-corrected chi connectivity index (χ4v) is 3.87. The third-order valence-electron chi connectivity index (χ3n) is 4.00. The fraction of sp³-hybridized carbons (Fsp3) is 0.333. The van der Waals surface area contributed by atoms with Gasteiger partial charge in [-0.15, -0.1) is 0 Å². The Morgan fingerprint density at radius 1 is 1.00 bits per heavy atom. The average molecular weight is 419 g/mol. The van der Waals surface area contributed by atoms with E-state index in [4.69, 9.17) is 4.74 Å². The molecule has 0 aromatic heterocycles. The molecule has 0 bridgehead atoms. The highest BCUT2D eigenvalue weighted by Crippen LogP contribution is 2.21. The molecule has 0 saturated carbocycles. The molecule has 0 heterocycles. The largest absolute Gasteiger partial charge is 0.480 e. The van der Waals surface area contributed by atoms with Crippen molar-refractivity contribution in [1.82, 2.24) is 5.32 Å². The first-order valence-corrected chi connectivity index (χ1v) is 10.6. The van der Waals surface area contributed by atoms with Gasteiger partial charge in [0.15, 0.2) is 0 Å². The molecule has 0 saturated heterocycles. The molecular weight excluding hydrogens is 394 g/mol. The van der Waals surface area contributed by atoms with Crippen LogP contribution in [0.4, 0.5) is 4.79 Å². The van der Waals surface area contributed by atoms with Crippen LogP contribution in [0.5, 0.6) is 0 Å². The molecule has 0 aliphatic rings. The minimum Gasteiger partial charge on any atom is -0.480 e. The van der Waals surface area contributed by atoms with Crippen LogP contribution < -0.4 is 5.32 Å². The number of amides is 1. The first-order valence-electron chi connectivity index (χ1n) is 9.10. The molecule has 0 aliphatic carbocycles. The summed E-state index contributed by atoms with van der Waals surface area (Å²) < 4.78 is 30.3. The highest BCUT2D eigenvalue weighted by Gasteiger charge is 2.24. The van der Waals surface area contributed by atoms with Gasteiger partial charge in [-0.05, 0) is 63.4 Å². The molecule has 2 aromatic rings. The SMILES string of the molecule is CC(C)(C)OC(=O)N[C@@H](CCc1ccc(S(=O)(=O)c2ccccc2)cc1)C(=O)O. The van der Waals surface area contributed by atoms with E-state index in [0.29, 0.717) is 6.42 Å². The Morgan fingerprint density at radius 2 is 1.55 bits per heavy atom. The van der Waals surface area contributed by atoms with Gasteiger partial charge in [-0.1, -0.05) is 30.3 Å². The molecule has 1 atom stereocenters. The van der Waals surface area contributed by atoms with Crippen LogP contribution in [0, 0.1) is 0 Å². The lowest BCUT2D eigenvalue weighted by molar-refractivity contribution is -0.139. The summed E-state index contributed by atoms with van der Waals surface area (Å²) in [6.07, 6.45) is -0.313. The Kier molecular flexibility index (Phi) is 7.02. The van der Waals surface area contributed by atoms with E-state index >= 15 is 0 Å². The maximum Gasteiger partial charge on any atom is 0.408 e. The van der Waals surface area contributed by atoms with E-state index in [9.17, 15) is 23.1 Å². The van der Waals surface area contributed by atoms with E-state index in [-0.39, 0.29) is 16.2 Å². The van der Waals surface area contributed by atoms with Crippen molar-refractivity contribution >= 4 is 21.9 Å². The van der Waals surface area contributed by atoms with Gasteiger partial charge in [0.1, 0.15) is 11.6 Å². The predicted molar refractivity (Wildman–Crippen MR) is 107 cm³/mol. The molecule has 0 aliphatic heterocycles. The van der Waals surface area contributed by atoms with Crippen LogP contribution in [-0.2, 0) is 25.8 Å². The number of ether oxygens (including phenoxy) is 1. The number of sulfone groups is 1. The molecule has 0 unspecified atom stereocenters. The van der Waals surface area contributed by atoms with E-state index < -0.39 is 33.5 Å². The number of benzene rings is 2. The summed E-state index contributed by atoms with van der Waals surface area (Å²) in [5.74, 6) is -1.17. The topological polar surface area (TPSA) is 110 Å². The zero-order valence-electron chi connectivity index (χ0n) is 16.6. The number of carbonyl (C=O) groups is 2. The molecule has 2 rings (SSSR count). The van der Waals surface area contributed by atoms with E-state index in [1.807, 2.05) is 0 Å². The number of hydrogen-bond donors (Lipinski definition) is 2. The van der Waals surface area contributed by atoms with Crippen LogP contribution in [0.1, 0.15) is 32.8 Å². The number of carboxylic acids is 1. The number of aryl methyl sites for hydroxylation is 1. The minimum absolute atomic E-state index is 0.138. The highest BCUT2D eigenvalue weighted by atomic mass is 32.2. The molecule has 7 nitrogen and oxygen atoms in total. The monoisotopic (exact) mass is 419 g/mol. The van der Waals surface area contributed by atoms with Crippen molar-refractivity contribution in [3.05, 3.63) is 60.2 Å². The van der Waals surface area contributed by atoms with Crippen molar-refractivity contribution in [3.8, 4) is 0 Å². The standard InChI is InChI=1S/C21H25NO6S/c1-21(2,3)28-20(25)22-18(19(23)24)14-11-15-9-12-17(13-10-15)29(26,27)16-7-5-4-6-8-16/h4-10,12-13,18H,11,14H2,1-3H3,(H,22,25)(H,23,24)/t18-/m0/s1. The Bertz CT molecular complexity index is 947. The molecule has 29 heavy (non-hydrogen) atoms. The van der Waals surface area contributed by atoms with Crippen molar-refractivity contribution in [3.63, 3.8) is 0 Å². The third-order valence-corrected chi connectivity index (χ3v) is 5.78. The minimum atomic E-state index is -3.60. The molecule has 2 N–H and O–H groups in total. The molecule has 156 valence electrons. The quantitative estimate of drug-likeness (QED) is 0.711. The molecule has 1 amide bonds. The summed E-state index contributed by atoms with van der Waals surface area (Å²) in [4.78, 5) is 23.6. The summed E-state index contributed by atoms with van der Waals surface area (Å²) in [7, 11) is -3.60. The second-order valence-electron chi connectivity index (χ2n) is 7.54. The zero-order chi connectivity index (χ0) is 21.7. The molecule has 0 spiro atoms. The first-order chi connectivity index (χ1) is 13.5. The van der Waals surface area contributed by atoms with Gasteiger partial charge in [0.25, 0.3) is 0 Å². The Labute approximate surface area is 170 Å². The van der Waals surface area contributed by atoms with Gasteiger partial charge < -0.3 is 15.2 Å². The third kappa shape index (κ3) is 6.60. The second kappa shape index (κ2) is 9.09. The average Bonchev–Trinajstić information content (AvgIpc) is 2.64. The summed E-state index contributed by atoms with van der Waals surface area (Å²) in [6, 6.07) is 13.3. The van der Waals surface area contributed by atoms with Crippen LogP contribution in [0.2, 0.25) is 0 Å². The fourth-order valence-electron chi connectivity index (χ4n) is 2.59. The number of carboxylic acid groups (broad SMARTS) is 1. The number of nitrogens with one attached hydrogen (secondary N) is 1. The smallest absolute Gasteiger partial charge is 0.408 e. The van der Waals surface area contributed by atoms with Crippen molar-refractivity contribution in [2.24, 2.45) is 0 Å². The normalized spacial score (nSPS) is 12.8. The predicted octanol–water partition coefficient (Wildman–Crippen LogP) is 3.43. The Morgan fingerprint density at radius 3 is 2.07 bits per heavy atom. The Hall–Kier alpha value is -2.87. The first kappa shape index (κ1) is 22.4. The Balaban J connectivity index is 2.03. The van der Waals surface area contributed by atoms with Crippen LogP contribution in [0.15, 0.2) is 64.4 Å². The van der Waals surface area contributed by atoms with Gasteiger partial charge in [-0.25, -0.2) is 18.0 Å². The van der Waals surface area contributed by atoms with Gasteiger partial charge in [0.05, 0.1) is 9.79 Å². The maximum absolute atomic E-state index is 12.6. The van der Waals surface area contributed by atoms with Gasteiger partial charge in [-0.2, -0.15) is 0 Å². The van der Waals surface area contributed by atoms with E-state index in [1.165, 1.54) is 24.3 Å². The number of rotatable bonds is 7. The number of carbonyl (C=O) groups excluding carboxylic acids is 1. The van der Waals surface area contributed by atoms with Gasteiger partial charge >= 0.3 is 12.1 Å². The lowest BCUT2D eigenvalue weighted by atomic mass is 10.1. The lowest BCUT2D eigenvalue weighted by Gasteiger charge is -2.22. The molecular formula is C21H25NO6S. The van der Waals surface area contributed by atoms with E-state index in [2.05, 4.69) is 5.32 Å². The number of hydrogen-bond acceptors (Lipinski definition) is 5. The van der Waals surface area contributed by atoms with E-state index in [1.54, 1.807) is 51.1 Å². The van der Waals surface area contributed by atoms with Crippen molar-refractivity contribution in [1.29, 1.82) is 0 Å². The van der Waals surface area contributed by atoms with Crippen LogP contribution in [0.25, 0.3) is 0 Å². The number of alkyl carbamates (subject to hydrolysis) is 1. The van der Waals surface area contributed by atoms with Crippen molar-refractivity contribution in [2.45, 2.75) is 55.0 Å². The summed E-state index contributed by atoms with van der Waals surface area (Å²) in [6.45, 7) is 5.06. The summed E-state index contributed by atoms with van der Waals surface area (Å²) in [5, 5.41) is 11.7. The van der Waals surface area contributed by atoms with Crippen molar-refractivity contribution < 1.29 is 27.9 Å². The molecule has 2 aromatic carbocycles. The van der Waals surface area contributed by atoms with E-state index in [0.717, 1.165) is 5.56 Å².